The van der Waals surface area contributed by atoms with Crippen LogP contribution in [0.5, 0.6) is 0 Å². The van der Waals surface area contributed by atoms with Crippen molar-refractivity contribution in [3.8, 4) is 0 Å². The molecule has 1 aromatic carbocycles. The monoisotopic (exact) mass is 535 g/mol. The van der Waals surface area contributed by atoms with Gasteiger partial charge in [-0.05, 0) is 37.1 Å². The van der Waals surface area contributed by atoms with Crippen LogP contribution in [-0.4, -0.2) is 91.1 Å². The number of aryl methyl sites for hydroxylation is 1. The lowest BCUT2D eigenvalue weighted by molar-refractivity contribution is -0.137. The molecule has 2 aliphatic heterocycles. The Morgan fingerprint density at radius 1 is 1.11 bits per heavy atom. The quantitative estimate of drug-likeness (QED) is 0.498. The zero-order chi connectivity index (χ0) is 27.3. The van der Waals surface area contributed by atoms with E-state index in [1.807, 2.05) is 24.0 Å². The molecule has 10 nitrogen and oxygen atoms in total. The van der Waals surface area contributed by atoms with Crippen molar-refractivity contribution in [2.75, 3.05) is 75.1 Å². The van der Waals surface area contributed by atoms with Crippen molar-refractivity contribution in [2.24, 2.45) is 0 Å². The van der Waals surface area contributed by atoms with Crippen molar-refractivity contribution in [3.05, 3.63) is 35.5 Å². The minimum atomic E-state index is -4.63. The maximum atomic E-state index is 13.6. The van der Waals surface area contributed by atoms with Gasteiger partial charge in [-0.1, -0.05) is 0 Å². The number of benzene rings is 1. The van der Waals surface area contributed by atoms with Gasteiger partial charge >= 0.3 is 6.18 Å². The third-order valence-electron chi connectivity index (χ3n) is 6.59. The standard InChI is InChI=1S/C25H32F3N7O3/c1-17-14-18(35-10-9-33(2)22(37)16-35)4-5-20(17)31-24-30-15-19(25(26,27)28)23(32-24)29-7-3-8-34-11-13-38-12-6-21(34)36/h4-5,14-15H,3,6-13,16H2,1-2H3,(H2,29,30,31,32). The number of rotatable bonds is 8. The maximum absolute atomic E-state index is 13.6. The maximum Gasteiger partial charge on any atom is 0.421 e. The van der Waals surface area contributed by atoms with E-state index in [2.05, 4.69) is 20.6 Å². The van der Waals surface area contributed by atoms with Crippen molar-refractivity contribution in [3.63, 3.8) is 0 Å². The molecule has 2 amide bonds. The number of carbonyl (C=O) groups excluding carboxylic acids is 2. The SMILES string of the molecule is Cc1cc(N2CCN(C)C(=O)C2)ccc1Nc1ncc(C(F)(F)F)c(NCCCN2CCOCCC2=O)n1. The van der Waals surface area contributed by atoms with Crippen molar-refractivity contribution < 1.29 is 27.5 Å². The first-order valence-electron chi connectivity index (χ1n) is 12.5. The summed E-state index contributed by atoms with van der Waals surface area (Å²) in [7, 11) is 1.78. The number of nitrogens with one attached hydrogen (secondary N) is 2. The molecule has 3 heterocycles. The van der Waals surface area contributed by atoms with Gasteiger partial charge in [0.05, 0.1) is 26.2 Å². The lowest BCUT2D eigenvalue weighted by Gasteiger charge is -2.33. The van der Waals surface area contributed by atoms with E-state index >= 15 is 0 Å². The number of ether oxygens (including phenoxy) is 1. The fourth-order valence-electron chi connectivity index (χ4n) is 4.30. The zero-order valence-corrected chi connectivity index (χ0v) is 21.5. The molecule has 1 aromatic heterocycles. The third-order valence-corrected chi connectivity index (χ3v) is 6.59. The summed E-state index contributed by atoms with van der Waals surface area (Å²) in [6.45, 7) is 5.42. The van der Waals surface area contributed by atoms with Crippen LogP contribution in [0.4, 0.5) is 36.3 Å². The van der Waals surface area contributed by atoms with E-state index in [0.29, 0.717) is 64.5 Å². The highest BCUT2D eigenvalue weighted by Crippen LogP contribution is 2.34. The zero-order valence-electron chi connectivity index (χ0n) is 21.5. The van der Waals surface area contributed by atoms with Gasteiger partial charge in [-0.15, -0.1) is 0 Å². The molecule has 0 atom stereocenters. The van der Waals surface area contributed by atoms with Crippen LogP contribution in [0.15, 0.2) is 24.4 Å². The fourth-order valence-corrected chi connectivity index (χ4v) is 4.30. The van der Waals surface area contributed by atoms with Crippen LogP contribution in [0.25, 0.3) is 0 Å². The van der Waals surface area contributed by atoms with Crippen molar-refractivity contribution >= 4 is 35.0 Å². The summed E-state index contributed by atoms with van der Waals surface area (Å²) in [5.74, 6) is -0.286. The van der Waals surface area contributed by atoms with E-state index in [0.717, 1.165) is 17.4 Å². The average Bonchev–Trinajstić information content (AvgIpc) is 3.08. The van der Waals surface area contributed by atoms with Gasteiger partial charge in [-0.3, -0.25) is 9.59 Å². The lowest BCUT2D eigenvalue weighted by Crippen LogP contribution is -2.48. The summed E-state index contributed by atoms with van der Waals surface area (Å²) in [6, 6.07) is 5.56. The van der Waals surface area contributed by atoms with Crippen molar-refractivity contribution in [2.45, 2.75) is 25.9 Å². The first-order chi connectivity index (χ1) is 18.1. The van der Waals surface area contributed by atoms with Crippen LogP contribution >= 0.6 is 0 Å². The van der Waals surface area contributed by atoms with Gasteiger partial charge in [0.2, 0.25) is 17.8 Å². The molecule has 0 unspecified atom stereocenters. The van der Waals surface area contributed by atoms with E-state index in [4.69, 9.17) is 4.74 Å². The first kappa shape index (κ1) is 27.4. The molecule has 2 aliphatic rings. The normalized spacial score (nSPS) is 17.0. The highest BCUT2D eigenvalue weighted by atomic mass is 19.4. The van der Waals surface area contributed by atoms with Crippen LogP contribution in [-0.2, 0) is 20.5 Å². The van der Waals surface area contributed by atoms with Crippen LogP contribution in [0.1, 0.15) is 24.0 Å². The molecule has 2 aromatic rings. The molecular formula is C25H32F3N7O3. The Balaban J connectivity index is 1.42. The van der Waals surface area contributed by atoms with Gasteiger partial charge in [-0.2, -0.15) is 18.2 Å². The number of carbonyl (C=O) groups is 2. The molecule has 206 valence electrons. The molecule has 4 rings (SSSR count). The second-order valence-electron chi connectivity index (χ2n) is 9.34. The molecule has 0 spiro atoms. The van der Waals surface area contributed by atoms with E-state index in [1.165, 1.54) is 0 Å². The minimum absolute atomic E-state index is 0.0194. The Hall–Kier alpha value is -3.61. The molecule has 0 aliphatic carbocycles. The Labute approximate surface area is 219 Å². The summed E-state index contributed by atoms with van der Waals surface area (Å²) >= 11 is 0. The highest BCUT2D eigenvalue weighted by molar-refractivity contribution is 5.83. The largest absolute Gasteiger partial charge is 0.421 e. The van der Waals surface area contributed by atoms with Crippen LogP contribution in [0.2, 0.25) is 0 Å². The van der Waals surface area contributed by atoms with Gasteiger partial charge in [0.1, 0.15) is 11.4 Å². The summed E-state index contributed by atoms with van der Waals surface area (Å²) in [4.78, 5) is 37.5. The summed E-state index contributed by atoms with van der Waals surface area (Å²) < 4.78 is 46.1. The van der Waals surface area contributed by atoms with E-state index in [-0.39, 0.29) is 30.1 Å². The minimum Gasteiger partial charge on any atom is -0.379 e. The fraction of sp³-hybridized carbons (Fsp3) is 0.520. The van der Waals surface area contributed by atoms with E-state index in [1.54, 1.807) is 22.9 Å². The van der Waals surface area contributed by atoms with Crippen molar-refractivity contribution in [1.29, 1.82) is 0 Å². The van der Waals surface area contributed by atoms with Crippen LogP contribution in [0.3, 0.4) is 0 Å². The Kier molecular flexibility index (Phi) is 8.55. The van der Waals surface area contributed by atoms with Gasteiger partial charge in [0, 0.05) is 57.3 Å². The predicted octanol–water partition coefficient (Wildman–Crippen LogP) is 2.88. The number of hydrogen-bond donors (Lipinski definition) is 2. The van der Waals surface area contributed by atoms with Gasteiger partial charge < -0.3 is 30.1 Å². The Morgan fingerprint density at radius 3 is 2.66 bits per heavy atom. The first-order valence-corrected chi connectivity index (χ1v) is 12.5. The number of nitrogens with zero attached hydrogens (tertiary/aromatic N) is 5. The Morgan fingerprint density at radius 2 is 1.92 bits per heavy atom. The summed E-state index contributed by atoms with van der Waals surface area (Å²) in [5, 5.41) is 5.77. The number of aromatic nitrogens is 2. The van der Waals surface area contributed by atoms with Gasteiger partial charge in [0.25, 0.3) is 0 Å². The molecule has 2 N–H and O–H groups in total. The number of amides is 2. The second kappa shape index (κ2) is 11.8. The lowest BCUT2D eigenvalue weighted by atomic mass is 10.1. The highest BCUT2D eigenvalue weighted by Gasteiger charge is 2.35. The molecule has 13 heteroatoms. The summed E-state index contributed by atoms with van der Waals surface area (Å²) in [5.41, 5.74) is 1.40. The van der Waals surface area contributed by atoms with Crippen LogP contribution < -0.4 is 15.5 Å². The molecule has 0 radical (unpaired) electrons. The topological polar surface area (TPSA) is 103 Å². The molecule has 0 bridgehead atoms. The number of likely N-dealkylation sites (N-methyl/N-ethyl adjacent to an activating group) is 1. The smallest absolute Gasteiger partial charge is 0.379 e. The second-order valence-corrected chi connectivity index (χ2v) is 9.34. The Bertz CT molecular complexity index is 1160. The van der Waals surface area contributed by atoms with E-state index < -0.39 is 11.7 Å². The van der Waals surface area contributed by atoms with Gasteiger partial charge in [-0.25, -0.2) is 4.98 Å². The number of alkyl halides is 3. The average molecular weight is 536 g/mol. The number of halogens is 3. The van der Waals surface area contributed by atoms with E-state index in [9.17, 15) is 22.8 Å². The third kappa shape index (κ3) is 6.82. The van der Waals surface area contributed by atoms with Gasteiger partial charge in [0.15, 0.2) is 0 Å². The number of anilines is 4. The van der Waals surface area contributed by atoms with Crippen molar-refractivity contribution in [1.82, 2.24) is 19.8 Å². The molecule has 2 fully saturated rings. The predicted molar refractivity (Wildman–Crippen MR) is 136 cm³/mol. The molecule has 2 saturated heterocycles. The number of hydrogen-bond acceptors (Lipinski definition) is 8. The summed E-state index contributed by atoms with van der Waals surface area (Å²) in [6.07, 6.45) is -3.12. The molecular weight excluding hydrogens is 503 g/mol. The van der Waals surface area contributed by atoms with Crippen LogP contribution in [0, 0.1) is 6.92 Å². The number of piperazine rings is 1. The molecule has 0 saturated carbocycles. The molecule has 38 heavy (non-hydrogen) atoms.